The molecule has 110 valence electrons. The molecular formula is C13H18N2O3S2. The van der Waals surface area contributed by atoms with E-state index in [0.717, 1.165) is 6.54 Å². The summed E-state index contributed by atoms with van der Waals surface area (Å²) in [4.78, 5) is 2.38. The van der Waals surface area contributed by atoms with Crippen molar-refractivity contribution in [2.24, 2.45) is 5.73 Å². The molecule has 0 aliphatic carbocycles. The second kappa shape index (κ2) is 6.17. The number of sulfone groups is 1. The van der Waals surface area contributed by atoms with E-state index in [9.17, 15) is 13.5 Å². The molecule has 1 heterocycles. The van der Waals surface area contributed by atoms with Gasteiger partial charge in [-0.3, -0.25) is 4.90 Å². The highest BCUT2D eigenvalue weighted by Crippen LogP contribution is 2.15. The number of β-amino-alcohol motifs (C(OH)–C–C–N with tert-alkyl or cyclic N) is 1. The van der Waals surface area contributed by atoms with Crippen LogP contribution in [0.2, 0.25) is 0 Å². The van der Waals surface area contributed by atoms with Crippen molar-refractivity contribution in [3.63, 3.8) is 0 Å². The number of benzene rings is 1. The molecule has 1 fully saturated rings. The molecule has 7 heteroatoms. The maximum Gasteiger partial charge on any atom is 0.179 e. The average molecular weight is 314 g/mol. The van der Waals surface area contributed by atoms with Crippen LogP contribution in [0.3, 0.4) is 0 Å². The quantitative estimate of drug-likeness (QED) is 0.753. The van der Waals surface area contributed by atoms with Gasteiger partial charge >= 0.3 is 0 Å². The summed E-state index contributed by atoms with van der Waals surface area (Å²) < 4.78 is 24.5. The molecule has 3 N–H and O–H groups in total. The second-order valence-corrected chi connectivity index (χ2v) is 7.50. The monoisotopic (exact) mass is 314 g/mol. The molecule has 0 aromatic heterocycles. The number of aliphatic hydroxyl groups is 1. The fourth-order valence-corrected chi connectivity index (χ4v) is 3.68. The molecule has 1 aliphatic rings. The van der Waals surface area contributed by atoms with Crippen molar-refractivity contribution in [2.45, 2.75) is 17.4 Å². The van der Waals surface area contributed by atoms with E-state index in [1.165, 1.54) is 6.07 Å². The lowest BCUT2D eigenvalue weighted by atomic mass is 10.2. The van der Waals surface area contributed by atoms with Crippen LogP contribution in [0.1, 0.15) is 12.0 Å². The lowest BCUT2D eigenvalue weighted by molar-refractivity contribution is 0.178. The third kappa shape index (κ3) is 3.76. The molecule has 20 heavy (non-hydrogen) atoms. The highest BCUT2D eigenvalue weighted by molar-refractivity contribution is 7.91. The maximum absolute atomic E-state index is 12.3. The van der Waals surface area contributed by atoms with Crippen LogP contribution in [0.4, 0.5) is 0 Å². The minimum atomic E-state index is -3.36. The van der Waals surface area contributed by atoms with Gasteiger partial charge in [0.1, 0.15) is 4.99 Å². The Labute approximate surface area is 124 Å². The summed E-state index contributed by atoms with van der Waals surface area (Å²) in [5.41, 5.74) is 6.07. The Morgan fingerprint density at radius 2 is 2.25 bits per heavy atom. The van der Waals surface area contributed by atoms with Gasteiger partial charge in [0.2, 0.25) is 0 Å². The van der Waals surface area contributed by atoms with Gasteiger partial charge in [-0.2, -0.15) is 0 Å². The van der Waals surface area contributed by atoms with E-state index in [2.05, 4.69) is 0 Å². The minimum absolute atomic E-state index is 0.0283. The normalized spacial score (nSPS) is 20.1. The number of hydrogen-bond donors (Lipinski definition) is 2. The van der Waals surface area contributed by atoms with E-state index in [1.807, 2.05) is 4.90 Å². The maximum atomic E-state index is 12.3. The molecule has 1 unspecified atom stereocenters. The Morgan fingerprint density at radius 1 is 1.50 bits per heavy atom. The molecule has 1 atom stereocenters. The summed E-state index contributed by atoms with van der Waals surface area (Å²) in [6.45, 7) is 1.71. The first-order chi connectivity index (χ1) is 9.38. The van der Waals surface area contributed by atoms with Gasteiger partial charge in [0.05, 0.1) is 16.8 Å². The molecular weight excluding hydrogens is 296 g/mol. The van der Waals surface area contributed by atoms with Gasteiger partial charge in [0, 0.05) is 25.2 Å². The number of likely N-dealkylation sites (tertiary alicyclic amines) is 1. The van der Waals surface area contributed by atoms with Crippen LogP contribution in [0.25, 0.3) is 0 Å². The van der Waals surface area contributed by atoms with Gasteiger partial charge in [-0.05, 0) is 18.6 Å². The van der Waals surface area contributed by atoms with E-state index in [4.69, 9.17) is 18.0 Å². The number of nitrogens with zero attached hydrogens (tertiary/aromatic N) is 1. The first-order valence-corrected chi connectivity index (χ1v) is 8.47. The van der Waals surface area contributed by atoms with Crippen LogP contribution in [-0.4, -0.2) is 54.9 Å². The fourth-order valence-electron chi connectivity index (χ4n) is 2.23. The summed E-state index contributed by atoms with van der Waals surface area (Å²) in [6, 6.07) is 6.39. The zero-order valence-electron chi connectivity index (χ0n) is 11.0. The van der Waals surface area contributed by atoms with Crippen LogP contribution in [-0.2, 0) is 9.84 Å². The lowest BCUT2D eigenvalue weighted by Crippen LogP contribution is -2.28. The summed E-state index contributed by atoms with van der Waals surface area (Å²) in [5, 5.41) is 9.42. The van der Waals surface area contributed by atoms with Gasteiger partial charge in [-0.25, -0.2) is 8.42 Å². The second-order valence-electron chi connectivity index (χ2n) is 4.95. The average Bonchev–Trinajstić information content (AvgIpc) is 2.82. The summed E-state index contributed by atoms with van der Waals surface area (Å²) in [6.07, 6.45) is 0.368. The fraction of sp³-hybridized carbons (Fsp3) is 0.462. The third-order valence-electron chi connectivity index (χ3n) is 3.40. The topological polar surface area (TPSA) is 83.6 Å². The molecule has 1 aliphatic heterocycles. The molecule has 0 bridgehead atoms. The highest BCUT2D eigenvalue weighted by Gasteiger charge is 2.23. The number of hydrogen-bond acceptors (Lipinski definition) is 5. The van der Waals surface area contributed by atoms with Crippen molar-refractivity contribution in [3.05, 3.63) is 29.8 Å². The van der Waals surface area contributed by atoms with Crippen LogP contribution in [0.5, 0.6) is 0 Å². The van der Waals surface area contributed by atoms with Crippen LogP contribution in [0, 0.1) is 0 Å². The van der Waals surface area contributed by atoms with E-state index >= 15 is 0 Å². The van der Waals surface area contributed by atoms with Crippen molar-refractivity contribution >= 4 is 27.0 Å². The molecule has 0 radical (unpaired) electrons. The Balaban J connectivity index is 2.06. The first kappa shape index (κ1) is 15.4. The Kier molecular flexibility index (Phi) is 4.74. The highest BCUT2D eigenvalue weighted by atomic mass is 32.2. The van der Waals surface area contributed by atoms with Crippen molar-refractivity contribution < 1.29 is 13.5 Å². The Morgan fingerprint density at radius 3 is 2.85 bits per heavy atom. The molecule has 2 rings (SSSR count). The zero-order chi connectivity index (χ0) is 14.8. The third-order valence-corrected chi connectivity index (χ3v) is 5.33. The summed E-state index contributed by atoms with van der Waals surface area (Å²) in [5.74, 6) is 0.0283. The van der Waals surface area contributed by atoms with Gasteiger partial charge in [-0.15, -0.1) is 0 Å². The van der Waals surface area contributed by atoms with E-state index in [0.29, 0.717) is 25.1 Å². The summed E-state index contributed by atoms with van der Waals surface area (Å²) in [7, 11) is -3.36. The Bertz CT molecular complexity index is 601. The van der Waals surface area contributed by atoms with Crippen LogP contribution >= 0.6 is 12.2 Å². The number of aliphatic hydroxyl groups excluding tert-OH is 1. The largest absolute Gasteiger partial charge is 0.392 e. The van der Waals surface area contributed by atoms with Gasteiger partial charge in [0.15, 0.2) is 9.84 Å². The SMILES string of the molecule is NC(=S)c1cccc(S(=O)(=O)CCN2CCC(O)C2)c1. The molecule has 5 nitrogen and oxygen atoms in total. The van der Waals surface area contributed by atoms with Gasteiger partial charge in [0.25, 0.3) is 0 Å². The van der Waals surface area contributed by atoms with E-state index in [-0.39, 0.29) is 21.7 Å². The standard InChI is InChI=1S/C13H18N2O3S2/c14-13(19)10-2-1-3-12(8-10)20(17,18)7-6-15-5-4-11(16)9-15/h1-3,8,11,16H,4-7,9H2,(H2,14,19). The first-order valence-electron chi connectivity index (χ1n) is 6.41. The lowest BCUT2D eigenvalue weighted by Gasteiger charge is -2.14. The van der Waals surface area contributed by atoms with Crippen molar-refractivity contribution in [3.8, 4) is 0 Å². The molecule has 1 aromatic carbocycles. The van der Waals surface area contributed by atoms with Crippen LogP contribution in [0.15, 0.2) is 29.2 Å². The number of rotatable bonds is 5. The molecule has 0 saturated carbocycles. The predicted molar refractivity (Wildman–Crippen MR) is 81.4 cm³/mol. The minimum Gasteiger partial charge on any atom is -0.392 e. The van der Waals surface area contributed by atoms with E-state index in [1.54, 1.807) is 18.2 Å². The smallest absolute Gasteiger partial charge is 0.179 e. The summed E-state index contributed by atoms with van der Waals surface area (Å²) >= 11 is 4.86. The number of nitrogens with two attached hydrogens (primary N) is 1. The molecule has 1 aromatic rings. The Hall–Kier alpha value is -1.02. The molecule has 0 spiro atoms. The zero-order valence-corrected chi connectivity index (χ0v) is 12.7. The molecule has 1 saturated heterocycles. The van der Waals surface area contributed by atoms with Crippen molar-refractivity contribution in [1.82, 2.24) is 4.90 Å². The van der Waals surface area contributed by atoms with Crippen molar-refractivity contribution in [1.29, 1.82) is 0 Å². The van der Waals surface area contributed by atoms with Crippen LogP contribution < -0.4 is 5.73 Å². The predicted octanol–water partition coefficient (Wildman–Crippen LogP) is 0.161. The molecule has 0 amide bonds. The van der Waals surface area contributed by atoms with Crippen molar-refractivity contribution in [2.75, 3.05) is 25.4 Å². The van der Waals surface area contributed by atoms with Gasteiger partial charge < -0.3 is 10.8 Å². The van der Waals surface area contributed by atoms with E-state index < -0.39 is 9.84 Å². The number of thiocarbonyl (C=S) groups is 1. The van der Waals surface area contributed by atoms with Gasteiger partial charge in [-0.1, -0.05) is 24.4 Å².